The molecule has 0 aromatic heterocycles. The van der Waals surface area contributed by atoms with Crippen molar-refractivity contribution in [3.05, 3.63) is 29.8 Å². The standard InChI is InChI=1S/C18H24N2O4/c1-4-13-7-5-6-8-15(13)20-10-14(9-17(20)22)18(23)24-11-16(21)19-12(2)3/h5-8,12,14H,4,9-11H2,1-3H3,(H,19,21)/t14-/m1/s1. The molecule has 24 heavy (non-hydrogen) atoms. The van der Waals surface area contributed by atoms with Crippen LogP contribution >= 0.6 is 0 Å². The predicted molar refractivity (Wildman–Crippen MR) is 90.5 cm³/mol. The van der Waals surface area contributed by atoms with Crippen molar-refractivity contribution in [2.45, 2.75) is 39.7 Å². The maximum Gasteiger partial charge on any atom is 0.311 e. The molecule has 0 saturated carbocycles. The van der Waals surface area contributed by atoms with Crippen molar-refractivity contribution in [2.24, 2.45) is 5.92 Å². The molecule has 1 heterocycles. The van der Waals surface area contributed by atoms with Crippen LogP contribution in [0.1, 0.15) is 32.8 Å². The fourth-order valence-corrected chi connectivity index (χ4v) is 2.79. The first kappa shape index (κ1) is 18.0. The van der Waals surface area contributed by atoms with E-state index in [-0.39, 0.29) is 30.9 Å². The van der Waals surface area contributed by atoms with Gasteiger partial charge in [-0.25, -0.2) is 0 Å². The molecule has 6 nitrogen and oxygen atoms in total. The molecule has 0 aliphatic carbocycles. The van der Waals surface area contributed by atoms with Crippen molar-refractivity contribution >= 4 is 23.5 Å². The van der Waals surface area contributed by atoms with Gasteiger partial charge < -0.3 is 15.0 Å². The van der Waals surface area contributed by atoms with Crippen LogP contribution < -0.4 is 10.2 Å². The predicted octanol–water partition coefficient (Wildman–Crippen LogP) is 1.67. The maximum absolute atomic E-state index is 12.3. The number of nitrogens with zero attached hydrogens (tertiary/aromatic N) is 1. The quantitative estimate of drug-likeness (QED) is 0.804. The number of para-hydroxylation sites is 1. The lowest BCUT2D eigenvalue weighted by Crippen LogP contribution is -2.35. The van der Waals surface area contributed by atoms with Crippen molar-refractivity contribution in [1.82, 2.24) is 5.32 Å². The van der Waals surface area contributed by atoms with Crippen molar-refractivity contribution in [3.8, 4) is 0 Å². The number of nitrogens with one attached hydrogen (secondary N) is 1. The summed E-state index contributed by atoms with van der Waals surface area (Å²) >= 11 is 0. The van der Waals surface area contributed by atoms with E-state index in [0.717, 1.165) is 17.7 Å². The zero-order chi connectivity index (χ0) is 17.7. The molecule has 1 atom stereocenters. The van der Waals surface area contributed by atoms with Crippen LogP contribution in [0.15, 0.2) is 24.3 Å². The summed E-state index contributed by atoms with van der Waals surface area (Å²) in [6.45, 7) is 5.67. The summed E-state index contributed by atoms with van der Waals surface area (Å²) in [7, 11) is 0. The minimum Gasteiger partial charge on any atom is -0.455 e. The van der Waals surface area contributed by atoms with Crippen LogP contribution in [-0.2, 0) is 25.5 Å². The fraction of sp³-hybridized carbons (Fsp3) is 0.500. The first-order chi connectivity index (χ1) is 11.4. The number of hydrogen-bond acceptors (Lipinski definition) is 4. The average Bonchev–Trinajstić information content (AvgIpc) is 2.93. The van der Waals surface area contributed by atoms with E-state index < -0.39 is 11.9 Å². The van der Waals surface area contributed by atoms with Gasteiger partial charge in [-0.2, -0.15) is 0 Å². The minimum atomic E-state index is -0.533. The Morgan fingerprint density at radius 1 is 1.33 bits per heavy atom. The molecule has 1 fully saturated rings. The van der Waals surface area contributed by atoms with E-state index in [9.17, 15) is 14.4 Å². The highest BCUT2D eigenvalue weighted by molar-refractivity contribution is 6.00. The molecule has 0 bridgehead atoms. The van der Waals surface area contributed by atoms with Crippen molar-refractivity contribution in [1.29, 1.82) is 0 Å². The normalized spacial score (nSPS) is 17.2. The van der Waals surface area contributed by atoms with Crippen LogP contribution in [0.4, 0.5) is 5.69 Å². The molecule has 1 aromatic carbocycles. The molecule has 6 heteroatoms. The fourth-order valence-electron chi connectivity index (χ4n) is 2.79. The number of anilines is 1. The summed E-state index contributed by atoms with van der Waals surface area (Å²) in [5.41, 5.74) is 1.91. The molecule has 1 aliphatic heterocycles. The van der Waals surface area contributed by atoms with E-state index in [2.05, 4.69) is 5.32 Å². The second-order valence-electron chi connectivity index (χ2n) is 6.22. The second kappa shape index (κ2) is 7.95. The first-order valence-electron chi connectivity index (χ1n) is 8.26. The molecular weight excluding hydrogens is 308 g/mol. The van der Waals surface area contributed by atoms with Gasteiger partial charge in [-0.15, -0.1) is 0 Å². The Kier molecular flexibility index (Phi) is 5.95. The number of rotatable bonds is 6. The summed E-state index contributed by atoms with van der Waals surface area (Å²) in [4.78, 5) is 37.6. The second-order valence-corrected chi connectivity index (χ2v) is 6.22. The van der Waals surface area contributed by atoms with Gasteiger partial charge in [-0.3, -0.25) is 14.4 Å². The Hall–Kier alpha value is -2.37. The number of hydrogen-bond donors (Lipinski definition) is 1. The molecule has 1 aromatic rings. The maximum atomic E-state index is 12.3. The molecule has 0 radical (unpaired) electrons. The Labute approximate surface area is 142 Å². The summed E-state index contributed by atoms with van der Waals surface area (Å²) in [6.07, 6.45) is 0.924. The Bertz CT molecular complexity index is 627. The van der Waals surface area contributed by atoms with Gasteiger partial charge in [0, 0.05) is 24.7 Å². The third-order valence-corrected chi connectivity index (χ3v) is 3.92. The summed E-state index contributed by atoms with van der Waals surface area (Å²) in [5, 5.41) is 2.65. The van der Waals surface area contributed by atoms with Crippen molar-refractivity contribution < 1.29 is 19.1 Å². The average molecular weight is 332 g/mol. The zero-order valence-corrected chi connectivity index (χ0v) is 14.4. The number of benzene rings is 1. The largest absolute Gasteiger partial charge is 0.455 e. The zero-order valence-electron chi connectivity index (χ0n) is 14.4. The molecule has 2 rings (SSSR count). The Morgan fingerprint density at radius 2 is 2.04 bits per heavy atom. The molecule has 130 valence electrons. The van der Waals surface area contributed by atoms with Crippen LogP contribution in [-0.4, -0.2) is 37.0 Å². The van der Waals surface area contributed by atoms with Gasteiger partial charge in [0.25, 0.3) is 5.91 Å². The lowest BCUT2D eigenvalue weighted by Gasteiger charge is -2.19. The molecular formula is C18H24N2O4. The van der Waals surface area contributed by atoms with E-state index >= 15 is 0 Å². The minimum absolute atomic E-state index is 0.00898. The summed E-state index contributed by atoms with van der Waals surface area (Å²) in [6, 6.07) is 7.67. The number of carbonyl (C=O) groups is 3. The number of ether oxygens (including phenoxy) is 1. The molecule has 1 aliphatic rings. The number of aryl methyl sites for hydroxylation is 1. The highest BCUT2D eigenvalue weighted by atomic mass is 16.5. The third-order valence-electron chi connectivity index (χ3n) is 3.92. The summed E-state index contributed by atoms with van der Waals surface area (Å²) < 4.78 is 5.05. The van der Waals surface area contributed by atoms with E-state index in [1.807, 2.05) is 45.0 Å². The van der Waals surface area contributed by atoms with Gasteiger partial charge in [0.15, 0.2) is 6.61 Å². The Balaban J connectivity index is 1.96. The van der Waals surface area contributed by atoms with E-state index in [1.54, 1.807) is 4.90 Å². The SMILES string of the molecule is CCc1ccccc1N1C[C@H](C(=O)OCC(=O)NC(C)C)CC1=O. The van der Waals surface area contributed by atoms with Crippen LogP contribution in [0.25, 0.3) is 0 Å². The van der Waals surface area contributed by atoms with Crippen LogP contribution in [0.5, 0.6) is 0 Å². The number of esters is 1. The van der Waals surface area contributed by atoms with Crippen molar-refractivity contribution in [2.75, 3.05) is 18.1 Å². The van der Waals surface area contributed by atoms with E-state index in [4.69, 9.17) is 4.74 Å². The highest BCUT2D eigenvalue weighted by Gasteiger charge is 2.36. The highest BCUT2D eigenvalue weighted by Crippen LogP contribution is 2.28. The first-order valence-corrected chi connectivity index (χ1v) is 8.26. The van der Waals surface area contributed by atoms with Gasteiger partial charge in [-0.05, 0) is 31.9 Å². The third kappa shape index (κ3) is 4.34. The molecule has 0 spiro atoms. The van der Waals surface area contributed by atoms with E-state index in [0.29, 0.717) is 6.54 Å². The monoisotopic (exact) mass is 332 g/mol. The van der Waals surface area contributed by atoms with Gasteiger partial charge in [0.05, 0.1) is 5.92 Å². The topological polar surface area (TPSA) is 75.7 Å². The number of carbonyl (C=O) groups excluding carboxylic acids is 3. The summed E-state index contributed by atoms with van der Waals surface area (Å²) in [5.74, 6) is -1.46. The van der Waals surface area contributed by atoms with Crippen molar-refractivity contribution in [3.63, 3.8) is 0 Å². The van der Waals surface area contributed by atoms with Gasteiger partial charge >= 0.3 is 5.97 Å². The lowest BCUT2D eigenvalue weighted by atomic mass is 10.1. The lowest BCUT2D eigenvalue weighted by molar-refractivity contribution is -0.152. The molecule has 0 unspecified atom stereocenters. The smallest absolute Gasteiger partial charge is 0.311 e. The molecule has 1 N–H and O–H groups in total. The van der Waals surface area contributed by atoms with Gasteiger partial charge in [-0.1, -0.05) is 25.1 Å². The van der Waals surface area contributed by atoms with Crippen LogP contribution in [0, 0.1) is 5.92 Å². The van der Waals surface area contributed by atoms with Crippen LogP contribution in [0.3, 0.4) is 0 Å². The van der Waals surface area contributed by atoms with Gasteiger partial charge in [0.2, 0.25) is 5.91 Å². The number of amides is 2. The van der Waals surface area contributed by atoms with E-state index in [1.165, 1.54) is 0 Å². The van der Waals surface area contributed by atoms with Gasteiger partial charge in [0.1, 0.15) is 0 Å². The van der Waals surface area contributed by atoms with Crippen LogP contribution in [0.2, 0.25) is 0 Å². The Morgan fingerprint density at radius 3 is 2.71 bits per heavy atom. The molecule has 1 saturated heterocycles. The molecule has 2 amide bonds.